The second-order valence-corrected chi connectivity index (χ2v) is 12.4. The summed E-state index contributed by atoms with van der Waals surface area (Å²) in [5, 5.41) is 0. The molecule has 0 aliphatic carbocycles. The maximum absolute atomic E-state index is 14.4. The first-order chi connectivity index (χ1) is 22.9. The van der Waals surface area contributed by atoms with E-state index in [-0.39, 0.29) is 12.2 Å². The van der Waals surface area contributed by atoms with Crippen LogP contribution in [0.2, 0.25) is 0 Å². The zero-order valence-corrected chi connectivity index (χ0v) is 27.6. The van der Waals surface area contributed by atoms with Crippen molar-refractivity contribution in [2.75, 3.05) is 13.7 Å². The van der Waals surface area contributed by atoms with E-state index in [1.807, 2.05) is 109 Å². The third-order valence-corrected chi connectivity index (χ3v) is 9.02. The molecule has 0 saturated heterocycles. The van der Waals surface area contributed by atoms with Gasteiger partial charge in [0.2, 0.25) is 0 Å². The van der Waals surface area contributed by atoms with Crippen molar-refractivity contribution in [1.82, 2.24) is 4.57 Å². The summed E-state index contributed by atoms with van der Waals surface area (Å²) >= 11 is 1.27. The van der Waals surface area contributed by atoms with Crippen LogP contribution >= 0.6 is 11.3 Å². The Bertz CT molecular complexity index is 2100. The third kappa shape index (κ3) is 6.55. The van der Waals surface area contributed by atoms with Crippen molar-refractivity contribution in [3.05, 3.63) is 156 Å². The lowest BCUT2D eigenvalue weighted by atomic mass is 9.91. The van der Waals surface area contributed by atoms with Crippen LogP contribution < -0.4 is 24.4 Å². The summed E-state index contributed by atoms with van der Waals surface area (Å²) in [5.74, 6) is 0.906. The van der Waals surface area contributed by atoms with Crippen molar-refractivity contribution in [2.45, 2.75) is 39.3 Å². The Balaban J connectivity index is 1.56. The quantitative estimate of drug-likeness (QED) is 0.159. The minimum absolute atomic E-state index is 0.190. The number of rotatable bonds is 10. The van der Waals surface area contributed by atoms with Gasteiger partial charge in [-0.05, 0) is 41.7 Å². The number of methoxy groups -OCH3 is 1. The third-order valence-electron chi connectivity index (χ3n) is 8.03. The van der Waals surface area contributed by atoms with Gasteiger partial charge in [0.1, 0.15) is 6.61 Å². The molecule has 238 valence electrons. The highest BCUT2D eigenvalue weighted by Gasteiger charge is 2.35. The van der Waals surface area contributed by atoms with Gasteiger partial charge >= 0.3 is 5.97 Å². The minimum atomic E-state index is -0.747. The zero-order chi connectivity index (χ0) is 32.9. The van der Waals surface area contributed by atoms with Crippen molar-refractivity contribution in [1.29, 1.82) is 0 Å². The largest absolute Gasteiger partial charge is 0.493 e. The van der Waals surface area contributed by atoms with Gasteiger partial charge in [-0.25, -0.2) is 9.79 Å². The summed E-state index contributed by atoms with van der Waals surface area (Å²) < 4.78 is 19.6. The molecule has 0 fully saturated rings. The normalized spacial score (nSPS) is 14.5. The highest BCUT2D eigenvalue weighted by Crippen LogP contribution is 2.36. The average Bonchev–Trinajstić information content (AvgIpc) is 3.41. The molecule has 2 heterocycles. The molecule has 6 rings (SSSR count). The molecule has 8 heteroatoms. The van der Waals surface area contributed by atoms with Crippen LogP contribution in [0.5, 0.6) is 11.5 Å². The van der Waals surface area contributed by atoms with Crippen molar-refractivity contribution in [2.24, 2.45) is 4.99 Å². The molecular formula is C39H36N2O5S. The van der Waals surface area contributed by atoms with Crippen LogP contribution in [0.15, 0.2) is 118 Å². The van der Waals surface area contributed by atoms with Crippen molar-refractivity contribution in [3.8, 4) is 11.5 Å². The number of carbonyl (C=O) groups excluding carboxylic acids is 1. The first kappa shape index (κ1) is 31.8. The molecule has 1 aliphatic rings. The van der Waals surface area contributed by atoms with Gasteiger partial charge in [0.25, 0.3) is 5.56 Å². The highest BCUT2D eigenvalue weighted by atomic mass is 32.1. The average molecular weight is 645 g/mol. The number of nitrogens with zero attached hydrogens (tertiary/aromatic N) is 2. The second kappa shape index (κ2) is 14.1. The molecule has 0 saturated carbocycles. The molecule has 1 aromatic heterocycles. The summed E-state index contributed by atoms with van der Waals surface area (Å²) in [6.07, 6.45) is 1.81. The molecule has 0 amide bonds. The first-order valence-electron chi connectivity index (χ1n) is 15.6. The number of ether oxygens (including phenoxy) is 3. The molecule has 0 N–H and O–H groups in total. The Morgan fingerprint density at radius 3 is 2.30 bits per heavy atom. The number of hydrogen-bond donors (Lipinski definition) is 0. The van der Waals surface area contributed by atoms with E-state index >= 15 is 0 Å². The van der Waals surface area contributed by atoms with E-state index in [0.717, 1.165) is 22.3 Å². The summed E-state index contributed by atoms with van der Waals surface area (Å²) in [6.45, 7) is 6.56. The SMILES string of the molecule is CCOC(=O)C1=C(c2ccccc2)N=c2s/c(=C\c3cccc(OC)c3OCc3ccccc3)c(=O)n2[C@@H]1c1ccc(C(C)C)cc1. The molecule has 0 unspecified atom stereocenters. The number of para-hydroxylation sites is 1. The topological polar surface area (TPSA) is 79.1 Å². The van der Waals surface area contributed by atoms with Gasteiger partial charge < -0.3 is 14.2 Å². The van der Waals surface area contributed by atoms with E-state index in [4.69, 9.17) is 19.2 Å². The van der Waals surface area contributed by atoms with E-state index in [1.165, 1.54) is 11.3 Å². The molecular weight excluding hydrogens is 609 g/mol. The fraction of sp³-hybridized carbons (Fsp3) is 0.205. The Labute approximate surface area is 277 Å². The van der Waals surface area contributed by atoms with Crippen molar-refractivity contribution in [3.63, 3.8) is 0 Å². The lowest BCUT2D eigenvalue weighted by Gasteiger charge is -2.26. The standard InChI is InChI=1S/C39H36N2O5S/c1-5-45-38(43)33-34(28-15-10-7-11-16-28)40-39-41(35(33)29-21-19-27(20-22-29)25(2)3)37(42)32(47-39)23-30-17-12-18-31(44-4)36(30)46-24-26-13-8-6-9-14-26/h6-23,25,35H,5,24H2,1-4H3/b32-23-/t35-/m1/s1. The van der Waals surface area contributed by atoms with Crippen LogP contribution in [0.1, 0.15) is 60.5 Å². The van der Waals surface area contributed by atoms with Gasteiger partial charge in [0.05, 0.1) is 35.6 Å². The number of aromatic nitrogens is 1. The summed E-state index contributed by atoms with van der Waals surface area (Å²) in [5.41, 5.74) is 4.96. The number of benzene rings is 4. The van der Waals surface area contributed by atoms with Crippen molar-refractivity contribution >= 4 is 29.1 Å². The monoisotopic (exact) mass is 644 g/mol. The molecule has 5 aromatic rings. The molecule has 7 nitrogen and oxygen atoms in total. The maximum Gasteiger partial charge on any atom is 0.338 e. The number of thiazole rings is 1. The first-order valence-corrected chi connectivity index (χ1v) is 16.4. The lowest BCUT2D eigenvalue weighted by Crippen LogP contribution is -2.40. The fourth-order valence-corrected chi connectivity index (χ4v) is 6.64. The Hall–Kier alpha value is -5.21. The van der Waals surface area contributed by atoms with E-state index in [9.17, 15) is 9.59 Å². The number of esters is 1. The molecule has 0 radical (unpaired) electrons. The lowest BCUT2D eigenvalue weighted by molar-refractivity contribution is -0.138. The van der Waals surface area contributed by atoms with E-state index in [0.29, 0.717) is 50.2 Å². The van der Waals surface area contributed by atoms with Gasteiger partial charge in [-0.2, -0.15) is 0 Å². The Kier molecular flexibility index (Phi) is 9.50. The maximum atomic E-state index is 14.4. The van der Waals surface area contributed by atoms with Gasteiger partial charge in [0, 0.05) is 11.1 Å². The minimum Gasteiger partial charge on any atom is -0.493 e. The number of fused-ring (bicyclic) bond motifs is 1. The fourth-order valence-electron chi connectivity index (χ4n) is 5.65. The molecule has 4 aromatic carbocycles. The molecule has 47 heavy (non-hydrogen) atoms. The molecule has 0 bridgehead atoms. The van der Waals surface area contributed by atoms with Crippen LogP contribution in [0, 0.1) is 0 Å². The van der Waals surface area contributed by atoms with E-state index < -0.39 is 12.0 Å². The predicted octanol–water partition coefficient (Wildman–Crippen LogP) is 6.65. The summed E-state index contributed by atoms with van der Waals surface area (Å²) in [6, 6.07) is 32.3. The Morgan fingerprint density at radius 1 is 0.936 bits per heavy atom. The van der Waals surface area contributed by atoms with Crippen LogP contribution in [0.25, 0.3) is 11.8 Å². The van der Waals surface area contributed by atoms with Crippen LogP contribution in [-0.4, -0.2) is 24.3 Å². The van der Waals surface area contributed by atoms with Crippen LogP contribution in [0.4, 0.5) is 0 Å². The van der Waals surface area contributed by atoms with Gasteiger partial charge in [-0.3, -0.25) is 9.36 Å². The summed E-state index contributed by atoms with van der Waals surface area (Å²) in [7, 11) is 1.59. The number of carbonyl (C=O) groups is 1. The van der Waals surface area contributed by atoms with Crippen LogP contribution in [0.3, 0.4) is 0 Å². The van der Waals surface area contributed by atoms with Gasteiger partial charge in [0.15, 0.2) is 16.3 Å². The second-order valence-electron chi connectivity index (χ2n) is 11.4. The zero-order valence-electron chi connectivity index (χ0n) is 26.8. The van der Waals surface area contributed by atoms with Crippen LogP contribution in [-0.2, 0) is 16.1 Å². The van der Waals surface area contributed by atoms with Gasteiger partial charge in [-0.1, -0.05) is 122 Å². The van der Waals surface area contributed by atoms with E-state index in [2.05, 4.69) is 13.8 Å². The predicted molar refractivity (Wildman–Crippen MR) is 185 cm³/mol. The van der Waals surface area contributed by atoms with Crippen molar-refractivity contribution < 1.29 is 19.0 Å². The van der Waals surface area contributed by atoms with E-state index in [1.54, 1.807) is 18.6 Å². The molecule has 1 aliphatic heterocycles. The molecule has 1 atom stereocenters. The smallest absolute Gasteiger partial charge is 0.338 e. The van der Waals surface area contributed by atoms with Gasteiger partial charge in [-0.15, -0.1) is 0 Å². The Morgan fingerprint density at radius 2 is 1.64 bits per heavy atom. The molecule has 0 spiro atoms. The number of hydrogen-bond acceptors (Lipinski definition) is 7. The highest BCUT2D eigenvalue weighted by molar-refractivity contribution is 7.07. The summed E-state index contributed by atoms with van der Waals surface area (Å²) in [4.78, 5) is 33.6.